The van der Waals surface area contributed by atoms with E-state index in [9.17, 15) is 9.59 Å². The predicted octanol–water partition coefficient (Wildman–Crippen LogP) is 2.94. The first-order chi connectivity index (χ1) is 8.79. The topological polar surface area (TPSA) is 67.8 Å². The number of carbonyl (C=O) groups excluding carboxylic acids is 2. The van der Waals surface area contributed by atoms with E-state index in [1.54, 1.807) is 6.08 Å². The number of rotatable bonds is 3. The van der Waals surface area contributed by atoms with Crippen LogP contribution in [0.3, 0.4) is 0 Å². The SMILES string of the molecule is CC(N=C=O)C1(NC(=O)OC(C)(C)C)CCCCC1. The van der Waals surface area contributed by atoms with Crippen LogP contribution in [0.25, 0.3) is 0 Å². The van der Waals surface area contributed by atoms with Crippen molar-refractivity contribution in [2.45, 2.75) is 77.0 Å². The Morgan fingerprint density at radius 2 is 1.89 bits per heavy atom. The van der Waals surface area contributed by atoms with E-state index in [2.05, 4.69) is 10.3 Å². The first-order valence-corrected chi connectivity index (χ1v) is 6.87. The number of isocyanates is 1. The van der Waals surface area contributed by atoms with Gasteiger partial charge in [-0.05, 0) is 40.5 Å². The number of aliphatic imine (C=N–C) groups is 1. The normalized spacial score (nSPS) is 20.0. The highest BCUT2D eigenvalue weighted by Gasteiger charge is 2.40. The Morgan fingerprint density at radius 1 is 1.32 bits per heavy atom. The molecule has 19 heavy (non-hydrogen) atoms. The third kappa shape index (κ3) is 4.67. The predicted molar refractivity (Wildman–Crippen MR) is 72.8 cm³/mol. The summed E-state index contributed by atoms with van der Waals surface area (Å²) >= 11 is 0. The highest BCUT2D eigenvalue weighted by atomic mass is 16.6. The fourth-order valence-corrected chi connectivity index (χ4v) is 2.54. The van der Waals surface area contributed by atoms with Crippen LogP contribution >= 0.6 is 0 Å². The maximum absolute atomic E-state index is 12.0. The highest BCUT2D eigenvalue weighted by Crippen LogP contribution is 2.32. The van der Waals surface area contributed by atoms with E-state index in [1.165, 1.54) is 0 Å². The minimum absolute atomic E-state index is 0.280. The van der Waals surface area contributed by atoms with Crippen LogP contribution in [-0.4, -0.2) is 29.4 Å². The van der Waals surface area contributed by atoms with E-state index in [4.69, 9.17) is 4.74 Å². The summed E-state index contributed by atoms with van der Waals surface area (Å²) in [6.45, 7) is 7.32. The molecule has 1 aliphatic carbocycles. The molecule has 1 fully saturated rings. The van der Waals surface area contributed by atoms with Crippen LogP contribution < -0.4 is 5.32 Å². The maximum Gasteiger partial charge on any atom is 0.408 e. The number of nitrogens with one attached hydrogen (secondary N) is 1. The number of ether oxygens (including phenoxy) is 1. The van der Waals surface area contributed by atoms with Gasteiger partial charge in [0.15, 0.2) is 0 Å². The molecule has 5 nitrogen and oxygen atoms in total. The van der Waals surface area contributed by atoms with Gasteiger partial charge in [-0.3, -0.25) is 0 Å². The molecule has 0 spiro atoms. The molecule has 0 heterocycles. The van der Waals surface area contributed by atoms with Crippen LogP contribution in [0.2, 0.25) is 0 Å². The van der Waals surface area contributed by atoms with Crippen LogP contribution in [0, 0.1) is 0 Å². The second-order valence-electron chi connectivity index (χ2n) is 6.24. The molecule has 1 N–H and O–H groups in total. The molecular weight excluding hydrogens is 244 g/mol. The monoisotopic (exact) mass is 268 g/mol. The van der Waals surface area contributed by atoms with E-state index < -0.39 is 17.2 Å². The van der Waals surface area contributed by atoms with Gasteiger partial charge in [0, 0.05) is 0 Å². The summed E-state index contributed by atoms with van der Waals surface area (Å²) in [4.78, 5) is 26.2. The zero-order chi connectivity index (χ0) is 14.5. The molecule has 1 unspecified atom stereocenters. The Morgan fingerprint density at radius 3 is 2.37 bits per heavy atom. The van der Waals surface area contributed by atoms with Gasteiger partial charge in [-0.25, -0.2) is 14.6 Å². The molecular formula is C14H24N2O3. The smallest absolute Gasteiger partial charge is 0.408 e. The molecule has 5 heteroatoms. The van der Waals surface area contributed by atoms with E-state index in [0.717, 1.165) is 32.1 Å². The van der Waals surface area contributed by atoms with Gasteiger partial charge in [0.05, 0.1) is 11.6 Å². The molecule has 1 atom stereocenters. The summed E-state index contributed by atoms with van der Waals surface area (Å²) < 4.78 is 5.30. The zero-order valence-corrected chi connectivity index (χ0v) is 12.3. The van der Waals surface area contributed by atoms with Crippen molar-refractivity contribution in [3.8, 4) is 0 Å². The Hall–Kier alpha value is -1.35. The Balaban J connectivity index is 2.80. The lowest BCUT2D eigenvalue weighted by Crippen LogP contribution is -2.57. The van der Waals surface area contributed by atoms with Crippen LogP contribution in [0.1, 0.15) is 59.8 Å². The molecule has 1 amide bonds. The average Bonchev–Trinajstić information content (AvgIpc) is 2.27. The van der Waals surface area contributed by atoms with Crippen molar-refractivity contribution in [3.05, 3.63) is 0 Å². The van der Waals surface area contributed by atoms with Gasteiger partial charge in [0.1, 0.15) is 5.60 Å². The fourth-order valence-electron chi connectivity index (χ4n) is 2.54. The Bertz CT molecular complexity index is 361. The third-order valence-electron chi connectivity index (χ3n) is 3.54. The summed E-state index contributed by atoms with van der Waals surface area (Å²) in [6.07, 6.45) is 5.98. The summed E-state index contributed by atoms with van der Waals surface area (Å²) in [5.41, 5.74) is -1.00. The molecule has 108 valence electrons. The molecule has 1 saturated carbocycles. The summed E-state index contributed by atoms with van der Waals surface area (Å²) in [5, 5.41) is 2.94. The van der Waals surface area contributed by atoms with E-state index >= 15 is 0 Å². The molecule has 0 aromatic carbocycles. The number of hydrogen-bond donors (Lipinski definition) is 1. The van der Waals surface area contributed by atoms with Gasteiger partial charge in [0.2, 0.25) is 6.08 Å². The second-order valence-corrected chi connectivity index (χ2v) is 6.24. The van der Waals surface area contributed by atoms with Gasteiger partial charge in [-0.1, -0.05) is 19.3 Å². The lowest BCUT2D eigenvalue weighted by atomic mass is 9.77. The van der Waals surface area contributed by atoms with Crippen LogP contribution in [0.5, 0.6) is 0 Å². The first kappa shape index (κ1) is 15.7. The number of carbonyl (C=O) groups is 1. The van der Waals surface area contributed by atoms with Crippen LogP contribution in [0.15, 0.2) is 4.99 Å². The standard InChI is InChI=1S/C14H24N2O3/c1-11(15-10-17)14(8-6-5-7-9-14)16-12(18)19-13(2,3)4/h11H,5-9H2,1-4H3,(H,16,18). The van der Waals surface area contributed by atoms with Crippen molar-refractivity contribution in [2.75, 3.05) is 0 Å². The molecule has 0 saturated heterocycles. The summed E-state index contributed by atoms with van der Waals surface area (Å²) in [7, 11) is 0. The lowest BCUT2D eigenvalue weighted by Gasteiger charge is -2.40. The molecule has 0 radical (unpaired) electrons. The van der Waals surface area contributed by atoms with Crippen molar-refractivity contribution in [2.24, 2.45) is 4.99 Å². The van der Waals surface area contributed by atoms with Crippen molar-refractivity contribution >= 4 is 12.2 Å². The average molecular weight is 268 g/mol. The minimum Gasteiger partial charge on any atom is -0.444 e. The number of nitrogens with zero attached hydrogens (tertiary/aromatic N) is 1. The molecule has 0 bridgehead atoms. The molecule has 0 aromatic heterocycles. The lowest BCUT2D eigenvalue weighted by molar-refractivity contribution is 0.0403. The van der Waals surface area contributed by atoms with E-state index in [0.29, 0.717) is 0 Å². The fraction of sp³-hybridized carbons (Fsp3) is 0.857. The van der Waals surface area contributed by atoms with Gasteiger partial charge >= 0.3 is 6.09 Å². The summed E-state index contributed by atoms with van der Waals surface area (Å²) in [6, 6.07) is -0.280. The largest absolute Gasteiger partial charge is 0.444 e. The van der Waals surface area contributed by atoms with E-state index in [1.807, 2.05) is 27.7 Å². The van der Waals surface area contributed by atoms with Crippen molar-refractivity contribution in [3.63, 3.8) is 0 Å². The molecule has 0 aromatic rings. The van der Waals surface area contributed by atoms with Gasteiger partial charge in [0.25, 0.3) is 0 Å². The number of amides is 1. The second kappa shape index (κ2) is 6.20. The minimum atomic E-state index is -0.531. The molecule has 1 aliphatic rings. The van der Waals surface area contributed by atoms with Crippen molar-refractivity contribution < 1.29 is 14.3 Å². The van der Waals surface area contributed by atoms with Crippen LogP contribution in [0.4, 0.5) is 4.79 Å². The Labute approximate surface area is 114 Å². The summed E-state index contributed by atoms with van der Waals surface area (Å²) in [5.74, 6) is 0. The van der Waals surface area contributed by atoms with Gasteiger partial charge in [-0.2, -0.15) is 0 Å². The van der Waals surface area contributed by atoms with Crippen LogP contribution in [-0.2, 0) is 9.53 Å². The quantitative estimate of drug-likeness (QED) is 0.632. The zero-order valence-electron chi connectivity index (χ0n) is 12.3. The molecule has 0 aliphatic heterocycles. The molecule has 1 rings (SSSR count). The number of hydrogen-bond acceptors (Lipinski definition) is 4. The van der Waals surface area contributed by atoms with E-state index in [-0.39, 0.29) is 6.04 Å². The van der Waals surface area contributed by atoms with Crippen molar-refractivity contribution in [1.29, 1.82) is 0 Å². The van der Waals surface area contributed by atoms with Gasteiger partial charge in [-0.15, -0.1) is 0 Å². The third-order valence-corrected chi connectivity index (χ3v) is 3.54. The number of alkyl carbamates (subject to hydrolysis) is 1. The highest BCUT2D eigenvalue weighted by molar-refractivity contribution is 5.69. The van der Waals surface area contributed by atoms with Gasteiger partial charge < -0.3 is 10.1 Å². The van der Waals surface area contributed by atoms with Crippen molar-refractivity contribution in [1.82, 2.24) is 5.32 Å². The Kier molecular flexibility index (Phi) is 5.12. The first-order valence-electron chi connectivity index (χ1n) is 6.87. The maximum atomic E-state index is 12.0.